The monoisotopic (exact) mass is 327 g/mol. The van der Waals surface area contributed by atoms with Crippen LogP contribution in [0.5, 0.6) is 0 Å². The molecule has 2 bridgehead atoms. The molecule has 0 atom stereocenters. The molecule has 22 heavy (non-hydrogen) atoms. The normalized spacial score (nSPS) is 30.0. The van der Waals surface area contributed by atoms with E-state index in [4.69, 9.17) is 4.74 Å². The number of rotatable bonds is 4. The zero-order chi connectivity index (χ0) is 16.2. The van der Waals surface area contributed by atoms with E-state index in [0.717, 1.165) is 41.4 Å². The van der Waals surface area contributed by atoms with Crippen LogP contribution in [0.25, 0.3) is 0 Å². The van der Waals surface area contributed by atoms with Crippen LogP contribution in [0.2, 0.25) is 0 Å². The van der Waals surface area contributed by atoms with Crippen molar-refractivity contribution < 1.29 is 22.3 Å². The molecule has 1 aliphatic carbocycles. The third-order valence-electron chi connectivity index (χ3n) is 4.57. The number of hydrogen-bond acceptors (Lipinski definition) is 4. The van der Waals surface area contributed by atoms with Crippen molar-refractivity contribution in [1.29, 1.82) is 0 Å². The molecule has 120 valence electrons. The Kier molecular flexibility index (Phi) is 3.34. The predicted molar refractivity (Wildman–Crippen MR) is 77.0 cm³/mol. The Morgan fingerprint density at radius 1 is 1.32 bits per heavy atom. The van der Waals surface area contributed by atoms with Gasteiger partial charge in [-0.2, -0.15) is 0 Å². The van der Waals surface area contributed by atoms with Crippen LogP contribution in [0.4, 0.5) is 4.39 Å². The molecule has 2 heterocycles. The lowest BCUT2D eigenvalue weighted by molar-refractivity contribution is -0.129. The zero-order valence-corrected chi connectivity index (χ0v) is 13.3. The Hall–Kier alpha value is -1.47. The van der Waals surface area contributed by atoms with Gasteiger partial charge in [0.15, 0.2) is 0 Å². The summed E-state index contributed by atoms with van der Waals surface area (Å²) in [6.07, 6.45) is 1.73. The number of benzene rings is 1. The Morgan fingerprint density at radius 2 is 1.91 bits per heavy atom. The lowest BCUT2D eigenvalue weighted by Crippen LogP contribution is -2.45. The summed E-state index contributed by atoms with van der Waals surface area (Å²) in [5.74, 6) is -0.986. The fourth-order valence-corrected chi connectivity index (χ4v) is 4.70. The average Bonchev–Trinajstić information content (AvgIpc) is 2.91. The van der Waals surface area contributed by atoms with E-state index in [1.165, 1.54) is 7.05 Å². The van der Waals surface area contributed by atoms with E-state index in [0.29, 0.717) is 6.61 Å². The lowest BCUT2D eigenvalue weighted by atomic mass is 9.61. The van der Waals surface area contributed by atoms with Crippen LogP contribution in [-0.2, 0) is 19.6 Å². The van der Waals surface area contributed by atoms with Gasteiger partial charge in [0.1, 0.15) is 5.82 Å². The van der Waals surface area contributed by atoms with Crippen molar-refractivity contribution in [3.8, 4) is 0 Å². The van der Waals surface area contributed by atoms with Gasteiger partial charge in [0, 0.05) is 18.9 Å². The van der Waals surface area contributed by atoms with Crippen LogP contribution in [0.15, 0.2) is 29.2 Å². The van der Waals surface area contributed by atoms with Gasteiger partial charge in [-0.1, -0.05) is 0 Å². The average molecular weight is 327 g/mol. The molecule has 0 unspecified atom stereocenters. The molecule has 7 heteroatoms. The third kappa shape index (κ3) is 2.42. The summed E-state index contributed by atoms with van der Waals surface area (Å²) in [5.41, 5.74) is -0.368. The highest BCUT2D eigenvalue weighted by atomic mass is 32.2. The number of nitrogens with zero attached hydrogens (tertiary/aromatic N) is 1. The molecule has 1 amide bonds. The second-order valence-electron chi connectivity index (χ2n) is 6.59. The maximum atomic E-state index is 12.9. The molecule has 1 saturated carbocycles. The van der Waals surface area contributed by atoms with E-state index in [1.54, 1.807) is 0 Å². The molecule has 5 nitrogen and oxygen atoms in total. The molecule has 0 radical (unpaired) electrons. The summed E-state index contributed by atoms with van der Waals surface area (Å²) in [5, 5.41) is 0. The second kappa shape index (κ2) is 4.76. The topological polar surface area (TPSA) is 63.7 Å². The SMILES string of the molecule is CN(C(=O)CC12COC(C)(C1)C2)S(=O)(=O)c1ccc(F)cc1. The molecule has 1 aromatic carbocycles. The molecular formula is C15H18FNO4S. The van der Waals surface area contributed by atoms with Crippen LogP contribution in [0, 0.1) is 11.2 Å². The molecule has 0 aromatic heterocycles. The maximum absolute atomic E-state index is 12.9. The Bertz CT molecular complexity index is 708. The van der Waals surface area contributed by atoms with E-state index >= 15 is 0 Å². The van der Waals surface area contributed by atoms with Gasteiger partial charge in [0.25, 0.3) is 10.0 Å². The smallest absolute Gasteiger partial charge is 0.266 e. The molecule has 1 aromatic rings. The van der Waals surface area contributed by atoms with Crippen LogP contribution >= 0.6 is 0 Å². The summed E-state index contributed by atoms with van der Waals surface area (Å²) >= 11 is 0. The Balaban J connectivity index is 1.74. The Morgan fingerprint density at radius 3 is 2.41 bits per heavy atom. The van der Waals surface area contributed by atoms with Gasteiger partial charge in [-0.3, -0.25) is 4.79 Å². The number of carbonyl (C=O) groups excluding carboxylic acids is 1. The van der Waals surface area contributed by atoms with E-state index in [1.807, 2.05) is 6.92 Å². The van der Waals surface area contributed by atoms with Gasteiger partial charge in [0.05, 0.1) is 17.1 Å². The molecule has 2 saturated heterocycles. The van der Waals surface area contributed by atoms with Crippen LogP contribution < -0.4 is 0 Å². The number of carbonyl (C=O) groups is 1. The van der Waals surface area contributed by atoms with E-state index in [9.17, 15) is 17.6 Å². The number of fused-ring (bicyclic) bond motifs is 1. The van der Waals surface area contributed by atoms with E-state index in [-0.39, 0.29) is 22.3 Å². The molecule has 3 aliphatic rings. The first-order valence-electron chi connectivity index (χ1n) is 7.07. The van der Waals surface area contributed by atoms with Crippen molar-refractivity contribution in [2.24, 2.45) is 5.41 Å². The van der Waals surface area contributed by atoms with Crippen LogP contribution in [0.1, 0.15) is 26.2 Å². The van der Waals surface area contributed by atoms with Gasteiger partial charge in [-0.05, 0) is 44.0 Å². The number of hydrogen-bond donors (Lipinski definition) is 0. The summed E-state index contributed by atoms with van der Waals surface area (Å²) in [7, 11) is -2.70. The highest BCUT2D eigenvalue weighted by Crippen LogP contribution is 2.59. The predicted octanol–water partition coefficient (Wildman–Crippen LogP) is 1.93. The highest BCUT2D eigenvalue weighted by molar-refractivity contribution is 7.89. The number of ether oxygens (including phenoxy) is 1. The van der Waals surface area contributed by atoms with Crippen molar-refractivity contribution in [3.63, 3.8) is 0 Å². The molecular weight excluding hydrogens is 309 g/mol. The van der Waals surface area contributed by atoms with Crippen molar-refractivity contribution in [2.75, 3.05) is 13.7 Å². The van der Waals surface area contributed by atoms with Gasteiger partial charge in [-0.25, -0.2) is 17.1 Å². The number of sulfonamides is 1. The summed E-state index contributed by atoms with van der Waals surface area (Å²) in [6.45, 7) is 2.50. The van der Waals surface area contributed by atoms with Gasteiger partial charge >= 0.3 is 0 Å². The molecule has 2 aliphatic heterocycles. The molecule has 3 fully saturated rings. The highest BCUT2D eigenvalue weighted by Gasteiger charge is 2.60. The minimum atomic E-state index is -3.95. The van der Waals surface area contributed by atoms with E-state index in [2.05, 4.69) is 0 Å². The molecule has 0 spiro atoms. The van der Waals surface area contributed by atoms with Crippen molar-refractivity contribution in [1.82, 2.24) is 4.31 Å². The first-order valence-corrected chi connectivity index (χ1v) is 8.51. The molecule has 0 N–H and O–H groups in total. The van der Waals surface area contributed by atoms with Gasteiger partial charge < -0.3 is 4.74 Å². The first-order chi connectivity index (χ1) is 10.2. The number of halogens is 1. The number of amides is 1. The van der Waals surface area contributed by atoms with Crippen LogP contribution in [-0.4, -0.2) is 37.9 Å². The minimum Gasteiger partial charge on any atom is -0.375 e. The molecule has 4 rings (SSSR count). The van der Waals surface area contributed by atoms with E-state index < -0.39 is 21.7 Å². The largest absolute Gasteiger partial charge is 0.375 e. The summed E-state index contributed by atoms with van der Waals surface area (Å²) in [4.78, 5) is 12.2. The Labute approximate surface area is 129 Å². The first kappa shape index (κ1) is 15.4. The fourth-order valence-electron chi connectivity index (χ4n) is 3.57. The quantitative estimate of drug-likeness (QED) is 0.848. The second-order valence-corrected chi connectivity index (χ2v) is 8.56. The van der Waals surface area contributed by atoms with Gasteiger partial charge in [-0.15, -0.1) is 0 Å². The zero-order valence-electron chi connectivity index (χ0n) is 12.5. The van der Waals surface area contributed by atoms with Crippen LogP contribution in [0.3, 0.4) is 0 Å². The van der Waals surface area contributed by atoms with Gasteiger partial charge in [0.2, 0.25) is 5.91 Å². The fraction of sp³-hybridized carbons (Fsp3) is 0.533. The maximum Gasteiger partial charge on any atom is 0.266 e. The van der Waals surface area contributed by atoms with Crippen molar-refractivity contribution >= 4 is 15.9 Å². The standard InChI is InChI=1S/C15H18FNO4S/c1-14-8-15(9-14,10-21-14)7-13(18)17(2)22(19,20)12-5-3-11(16)4-6-12/h3-6H,7-10H2,1-2H3. The lowest BCUT2D eigenvalue weighted by Gasteiger charge is -2.42. The summed E-state index contributed by atoms with van der Waals surface area (Å²) in [6, 6.07) is 4.44. The van der Waals surface area contributed by atoms with Crippen molar-refractivity contribution in [2.45, 2.75) is 36.7 Å². The van der Waals surface area contributed by atoms with Crippen molar-refractivity contribution in [3.05, 3.63) is 30.1 Å². The minimum absolute atomic E-state index is 0.0941. The summed E-state index contributed by atoms with van der Waals surface area (Å²) < 4.78 is 44.1. The third-order valence-corrected chi connectivity index (χ3v) is 6.37.